The number of rotatable bonds is 4. The lowest BCUT2D eigenvalue weighted by atomic mass is 10.5. The van der Waals surface area contributed by atoms with E-state index in [2.05, 4.69) is 20.3 Å². The molecule has 0 saturated carbocycles. The summed E-state index contributed by atoms with van der Waals surface area (Å²) in [5, 5.41) is 2.89. The van der Waals surface area contributed by atoms with Gasteiger partial charge in [-0.2, -0.15) is 4.98 Å². The van der Waals surface area contributed by atoms with Crippen LogP contribution < -0.4 is 15.8 Å². The molecule has 1 rings (SSSR count). The summed E-state index contributed by atoms with van der Waals surface area (Å²) in [4.78, 5) is 11.9. The van der Waals surface area contributed by atoms with E-state index in [4.69, 9.17) is 10.5 Å². The predicted molar refractivity (Wildman–Crippen MR) is 58.9 cm³/mol. The number of hydrogen-bond donors (Lipinski definition) is 2. The van der Waals surface area contributed by atoms with E-state index >= 15 is 0 Å². The van der Waals surface area contributed by atoms with Crippen LogP contribution in [0.3, 0.4) is 0 Å². The van der Waals surface area contributed by atoms with E-state index in [-0.39, 0.29) is 0 Å². The third-order valence-corrected chi connectivity index (χ3v) is 1.54. The first kappa shape index (κ1) is 11.0. The summed E-state index contributed by atoms with van der Waals surface area (Å²) in [6, 6.07) is 1.66. The van der Waals surface area contributed by atoms with Gasteiger partial charge in [0.15, 0.2) is 0 Å². The fourth-order valence-electron chi connectivity index (χ4n) is 0.901. The number of aromatic nitrogens is 2. The molecule has 1 aromatic rings. The van der Waals surface area contributed by atoms with Gasteiger partial charge < -0.3 is 15.8 Å². The zero-order valence-electron chi connectivity index (χ0n) is 8.64. The van der Waals surface area contributed by atoms with Crippen molar-refractivity contribution in [2.24, 2.45) is 10.7 Å². The predicted octanol–water partition coefficient (Wildman–Crippen LogP) is 0.398. The van der Waals surface area contributed by atoms with E-state index < -0.39 is 0 Å². The van der Waals surface area contributed by atoms with Crippen LogP contribution in [0.25, 0.3) is 0 Å². The van der Waals surface area contributed by atoms with Gasteiger partial charge in [-0.05, 0) is 0 Å². The molecular weight excluding hydrogens is 194 g/mol. The molecule has 0 aromatic carbocycles. The van der Waals surface area contributed by atoms with Gasteiger partial charge in [0.05, 0.1) is 12.8 Å². The number of ether oxygens (including phenoxy) is 1. The van der Waals surface area contributed by atoms with Gasteiger partial charge in [-0.1, -0.05) is 0 Å². The normalized spacial score (nSPS) is 11.7. The second-order valence-corrected chi connectivity index (χ2v) is 2.56. The van der Waals surface area contributed by atoms with Gasteiger partial charge >= 0.3 is 0 Å². The van der Waals surface area contributed by atoms with Crippen molar-refractivity contribution >= 4 is 12.2 Å². The quantitative estimate of drug-likeness (QED) is 0.698. The van der Waals surface area contributed by atoms with Crippen molar-refractivity contribution in [2.45, 2.75) is 0 Å². The van der Waals surface area contributed by atoms with Crippen LogP contribution in [0, 0.1) is 0 Å². The minimum absolute atomic E-state index is 0.408. The van der Waals surface area contributed by atoms with Gasteiger partial charge in [-0.15, -0.1) is 0 Å². The Bertz CT molecular complexity index is 375. The molecule has 0 atom stereocenters. The highest BCUT2D eigenvalue weighted by molar-refractivity contribution is 5.81. The third kappa shape index (κ3) is 3.26. The summed E-state index contributed by atoms with van der Waals surface area (Å²) in [5.74, 6) is 0.892. The molecule has 80 valence electrons. The van der Waals surface area contributed by atoms with Gasteiger partial charge in [-0.3, -0.25) is 4.99 Å². The summed E-state index contributed by atoms with van der Waals surface area (Å²) in [6.45, 7) is 0. The first-order valence-corrected chi connectivity index (χ1v) is 4.28. The maximum Gasteiger partial charge on any atom is 0.230 e. The van der Waals surface area contributed by atoms with E-state index in [0.29, 0.717) is 17.5 Å². The molecular formula is C9H13N5O. The summed E-state index contributed by atoms with van der Waals surface area (Å²) in [5.41, 5.74) is 5.99. The number of nitrogens with zero attached hydrogens (tertiary/aromatic N) is 3. The maximum atomic E-state index is 5.37. The number of methoxy groups -OCH3 is 1. The standard InChI is InChI=1S/C9H13N5O/c1-11-6-7(5-10)13-9-12-4-3-8(14-9)15-2/h3-6H,10H2,1-2H3,(H,12,13,14). The number of allylic oxidation sites excluding steroid dienone is 1. The summed E-state index contributed by atoms with van der Waals surface area (Å²) >= 11 is 0. The van der Waals surface area contributed by atoms with Crippen molar-refractivity contribution in [3.05, 3.63) is 24.2 Å². The molecule has 1 heterocycles. The fraction of sp³-hybridized carbons (Fsp3) is 0.222. The maximum absolute atomic E-state index is 5.37. The molecule has 0 bridgehead atoms. The Kier molecular flexibility index (Phi) is 4.08. The molecule has 0 fully saturated rings. The third-order valence-electron chi connectivity index (χ3n) is 1.54. The first-order valence-electron chi connectivity index (χ1n) is 4.28. The van der Waals surface area contributed by atoms with E-state index in [1.165, 1.54) is 6.20 Å². The zero-order chi connectivity index (χ0) is 11.1. The Hall–Kier alpha value is -2.11. The van der Waals surface area contributed by atoms with Gasteiger partial charge in [0.1, 0.15) is 0 Å². The molecule has 0 aliphatic carbocycles. The lowest BCUT2D eigenvalue weighted by Crippen LogP contribution is -2.07. The topological polar surface area (TPSA) is 85.4 Å². The van der Waals surface area contributed by atoms with E-state index in [0.717, 1.165) is 0 Å². The van der Waals surface area contributed by atoms with E-state index in [1.54, 1.807) is 32.6 Å². The van der Waals surface area contributed by atoms with Crippen LogP contribution in [0.5, 0.6) is 5.88 Å². The second-order valence-electron chi connectivity index (χ2n) is 2.56. The minimum Gasteiger partial charge on any atom is -0.481 e. The molecule has 0 spiro atoms. The SMILES string of the molecule is CN=CC(=CN)Nc1nccc(OC)n1. The Balaban J connectivity index is 2.79. The minimum atomic E-state index is 0.408. The number of nitrogens with two attached hydrogens (primary N) is 1. The van der Waals surface area contributed by atoms with Gasteiger partial charge in [0.25, 0.3) is 0 Å². The molecule has 0 radical (unpaired) electrons. The average molecular weight is 207 g/mol. The molecule has 3 N–H and O–H groups in total. The highest BCUT2D eigenvalue weighted by atomic mass is 16.5. The van der Waals surface area contributed by atoms with Crippen molar-refractivity contribution in [1.29, 1.82) is 0 Å². The molecule has 6 heteroatoms. The van der Waals surface area contributed by atoms with Crippen LogP contribution in [0.1, 0.15) is 0 Å². The summed E-state index contributed by atoms with van der Waals surface area (Å²) < 4.78 is 4.95. The lowest BCUT2D eigenvalue weighted by Gasteiger charge is -2.04. The van der Waals surface area contributed by atoms with E-state index in [9.17, 15) is 0 Å². The first-order chi connectivity index (χ1) is 7.30. The van der Waals surface area contributed by atoms with Crippen molar-refractivity contribution in [3.8, 4) is 5.88 Å². The lowest BCUT2D eigenvalue weighted by molar-refractivity contribution is 0.397. The molecule has 0 unspecified atom stereocenters. The highest BCUT2D eigenvalue weighted by Crippen LogP contribution is 2.08. The van der Waals surface area contributed by atoms with Crippen LogP contribution >= 0.6 is 0 Å². The Morgan fingerprint density at radius 1 is 1.67 bits per heavy atom. The molecule has 15 heavy (non-hydrogen) atoms. The summed E-state index contributed by atoms with van der Waals surface area (Å²) in [6.07, 6.45) is 4.55. The number of anilines is 1. The molecule has 6 nitrogen and oxygen atoms in total. The van der Waals surface area contributed by atoms with Crippen molar-refractivity contribution in [3.63, 3.8) is 0 Å². The second kappa shape index (κ2) is 5.58. The van der Waals surface area contributed by atoms with Crippen LogP contribution in [0.2, 0.25) is 0 Å². The average Bonchev–Trinajstić information content (AvgIpc) is 2.29. The highest BCUT2D eigenvalue weighted by Gasteiger charge is 1.99. The smallest absolute Gasteiger partial charge is 0.230 e. The van der Waals surface area contributed by atoms with Crippen LogP contribution in [0.15, 0.2) is 29.2 Å². The number of hydrogen-bond acceptors (Lipinski definition) is 6. The van der Waals surface area contributed by atoms with Crippen LogP contribution in [0.4, 0.5) is 5.95 Å². The fourth-order valence-corrected chi connectivity index (χ4v) is 0.901. The van der Waals surface area contributed by atoms with Crippen molar-refractivity contribution in [1.82, 2.24) is 9.97 Å². The monoisotopic (exact) mass is 207 g/mol. The van der Waals surface area contributed by atoms with E-state index in [1.807, 2.05) is 0 Å². The summed E-state index contributed by atoms with van der Waals surface area (Å²) in [7, 11) is 3.19. The Labute approximate surface area is 87.9 Å². The van der Waals surface area contributed by atoms with Gasteiger partial charge in [0.2, 0.25) is 11.8 Å². The van der Waals surface area contributed by atoms with Crippen molar-refractivity contribution < 1.29 is 4.74 Å². The zero-order valence-corrected chi connectivity index (χ0v) is 8.64. The largest absolute Gasteiger partial charge is 0.481 e. The molecule has 0 aliphatic heterocycles. The van der Waals surface area contributed by atoms with Crippen LogP contribution in [-0.2, 0) is 0 Å². The number of aliphatic imine (C=N–C) groups is 1. The van der Waals surface area contributed by atoms with Gasteiger partial charge in [0, 0.05) is 31.7 Å². The van der Waals surface area contributed by atoms with Crippen molar-refractivity contribution in [2.75, 3.05) is 19.5 Å². The molecule has 0 aliphatic rings. The van der Waals surface area contributed by atoms with Gasteiger partial charge in [-0.25, -0.2) is 4.98 Å². The molecule has 1 aromatic heterocycles. The number of nitrogens with one attached hydrogen (secondary N) is 1. The van der Waals surface area contributed by atoms with Crippen LogP contribution in [-0.4, -0.2) is 30.3 Å². The molecule has 0 amide bonds. The Morgan fingerprint density at radius 2 is 2.47 bits per heavy atom. The Morgan fingerprint density at radius 3 is 3.07 bits per heavy atom. The molecule has 0 saturated heterocycles.